The van der Waals surface area contributed by atoms with Crippen LogP contribution in [0.3, 0.4) is 0 Å². The number of Topliss-reactive ketones (excluding diaryl/α,β-unsaturated/α-hetero) is 1. The molecule has 0 aromatic carbocycles. The largest absolute Gasteiger partial charge is 0.378 e. The van der Waals surface area contributed by atoms with Gasteiger partial charge in [-0.1, -0.05) is 13.5 Å². The Labute approximate surface area is 317 Å². The van der Waals surface area contributed by atoms with Crippen molar-refractivity contribution in [2.24, 2.45) is 16.8 Å². The summed E-state index contributed by atoms with van der Waals surface area (Å²) in [6.45, 7) is 9.04. The van der Waals surface area contributed by atoms with Gasteiger partial charge in [0.15, 0.2) is 5.79 Å². The lowest BCUT2D eigenvalue weighted by atomic mass is 9.79. The van der Waals surface area contributed by atoms with Crippen LogP contribution in [0, 0.1) is 11.8 Å². The Morgan fingerprint density at radius 1 is 0.870 bits per heavy atom. The van der Waals surface area contributed by atoms with Gasteiger partial charge in [-0.25, -0.2) is 0 Å². The summed E-state index contributed by atoms with van der Waals surface area (Å²) in [6.07, 6.45) is 5.56. The Kier molecular flexibility index (Phi) is 9.02. The fourth-order valence-electron chi connectivity index (χ4n) is 12.5. The molecule has 1 N–H and O–H groups in total. The summed E-state index contributed by atoms with van der Waals surface area (Å²) in [6, 6.07) is 0. The van der Waals surface area contributed by atoms with Crippen molar-refractivity contribution in [2.45, 2.75) is 193 Å². The number of aliphatic imine (C=N–C) groups is 1. The Balaban J connectivity index is 1.01. The number of morpholine rings is 1. The SMILES string of the molecule is C=C1C[C@@H]2CC[C@@]34C[C@H]5OC6[C@@H](O[C@H]7CC[C@@H]8CC(=O)C[C@@H]9[C@@H](OC)[C@@H](C[C@H]%10CNCCO%10)O[C@H]9C[C@H]9O[C@@H](CC[C@@H]1O2)C[C@@H](C)C9=N[C@@]7(O8)[C@@H]6O3)[C@H]5O4. The number of methoxy groups -OCH3 is 1. The first kappa shape index (κ1) is 35.8. The average Bonchev–Trinajstić information content (AvgIpc) is 3.82. The number of fused-ring (bicyclic) bond motifs is 5. The summed E-state index contributed by atoms with van der Waals surface area (Å²) in [5.74, 6) is -0.741. The lowest BCUT2D eigenvalue weighted by Crippen LogP contribution is -2.70. The molecule has 0 aliphatic carbocycles. The van der Waals surface area contributed by atoms with Crippen molar-refractivity contribution in [3.05, 3.63) is 12.2 Å². The molecule has 13 heterocycles. The van der Waals surface area contributed by atoms with E-state index in [0.29, 0.717) is 51.6 Å². The maximum absolute atomic E-state index is 14.2. The van der Waals surface area contributed by atoms with E-state index in [4.69, 9.17) is 52.4 Å². The highest BCUT2D eigenvalue weighted by molar-refractivity contribution is 5.92. The van der Waals surface area contributed by atoms with Gasteiger partial charge in [0.25, 0.3) is 0 Å². The summed E-state index contributed by atoms with van der Waals surface area (Å²) in [5, 5.41) is 3.45. The quantitative estimate of drug-likeness (QED) is 0.424. The predicted molar refractivity (Wildman–Crippen MR) is 191 cm³/mol. The van der Waals surface area contributed by atoms with Crippen molar-refractivity contribution in [1.29, 1.82) is 0 Å². The first-order valence-electron chi connectivity index (χ1n) is 21.2. The fraction of sp³-hybridized carbons (Fsp3) is 0.902. The third-order valence-electron chi connectivity index (χ3n) is 14.9. The van der Waals surface area contributed by atoms with E-state index in [1.807, 2.05) is 0 Å². The van der Waals surface area contributed by atoms with Crippen LogP contribution in [0.4, 0.5) is 0 Å². The van der Waals surface area contributed by atoms with Gasteiger partial charge in [0.05, 0.1) is 67.6 Å². The van der Waals surface area contributed by atoms with E-state index < -0.39 is 23.7 Å². The van der Waals surface area contributed by atoms with Crippen LogP contribution in [-0.4, -0.2) is 141 Å². The lowest BCUT2D eigenvalue weighted by molar-refractivity contribution is -0.330. The van der Waals surface area contributed by atoms with E-state index >= 15 is 0 Å². The molecule has 13 nitrogen and oxygen atoms in total. The second-order valence-corrected chi connectivity index (χ2v) is 18.4. The summed E-state index contributed by atoms with van der Waals surface area (Å²) in [5.41, 5.74) is 0.904. The van der Waals surface area contributed by atoms with Crippen LogP contribution >= 0.6 is 0 Å². The molecule has 10 fully saturated rings. The van der Waals surface area contributed by atoms with Gasteiger partial charge < -0.3 is 52.7 Å². The highest BCUT2D eigenvalue weighted by Crippen LogP contribution is 2.58. The van der Waals surface area contributed by atoms with Crippen LogP contribution in [0.1, 0.15) is 90.4 Å². The molecule has 13 bridgehead atoms. The zero-order valence-corrected chi connectivity index (χ0v) is 31.8. The summed E-state index contributed by atoms with van der Waals surface area (Å²) in [4.78, 5) is 20.0. The van der Waals surface area contributed by atoms with E-state index in [2.05, 4.69) is 18.8 Å². The van der Waals surface area contributed by atoms with Crippen LogP contribution in [-0.2, 0) is 52.2 Å². The smallest absolute Gasteiger partial charge is 0.214 e. The highest BCUT2D eigenvalue weighted by atomic mass is 16.8. The minimum Gasteiger partial charge on any atom is -0.378 e. The van der Waals surface area contributed by atoms with Crippen LogP contribution in [0.15, 0.2) is 17.1 Å². The van der Waals surface area contributed by atoms with Crippen molar-refractivity contribution in [2.75, 3.05) is 26.8 Å². The van der Waals surface area contributed by atoms with Gasteiger partial charge in [-0.15, -0.1) is 0 Å². The number of hydrogen-bond donors (Lipinski definition) is 1. The molecule has 2 spiro atoms. The maximum Gasteiger partial charge on any atom is 0.214 e. The molecule has 13 rings (SSSR count). The molecule has 13 aliphatic rings. The lowest BCUT2D eigenvalue weighted by Gasteiger charge is -2.54. The second kappa shape index (κ2) is 13.6. The molecule has 13 aliphatic heterocycles. The van der Waals surface area contributed by atoms with E-state index in [0.717, 1.165) is 56.5 Å². The molecule has 13 heteroatoms. The Hall–Kier alpha value is -1.36. The number of rotatable bonds is 3. The molecule has 0 amide bonds. The number of nitrogens with one attached hydrogen (secondary N) is 1. The minimum atomic E-state index is -1.22. The highest BCUT2D eigenvalue weighted by Gasteiger charge is 2.73. The normalized spacial score (nSPS) is 55.1. The molecule has 0 saturated carbocycles. The number of carbonyl (C=O) groups excluding carboxylic acids is 1. The van der Waals surface area contributed by atoms with Gasteiger partial charge in [0.1, 0.15) is 36.3 Å². The number of nitrogens with zero attached hydrogens (tertiary/aromatic N) is 1. The fourth-order valence-corrected chi connectivity index (χ4v) is 12.5. The zero-order valence-electron chi connectivity index (χ0n) is 31.8. The molecule has 54 heavy (non-hydrogen) atoms. The Bertz CT molecular complexity index is 1520. The molecule has 0 aromatic rings. The van der Waals surface area contributed by atoms with Crippen molar-refractivity contribution < 1.29 is 52.2 Å². The zero-order chi connectivity index (χ0) is 36.3. The second-order valence-electron chi connectivity index (χ2n) is 18.4. The monoisotopic (exact) mass is 754 g/mol. The van der Waals surface area contributed by atoms with Gasteiger partial charge in [0, 0.05) is 70.4 Å². The molecule has 298 valence electrons. The topological polar surface area (TPSA) is 134 Å². The van der Waals surface area contributed by atoms with Gasteiger partial charge in [0.2, 0.25) is 5.72 Å². The third-order valence-corrected chi connectivity index (χ3v) is 14.9. The number of ether oxygens (including phenoxy) is 10. The molecule has 0 aromatic heterocycles. The van der Waals surface area contributed by atoms with Gasteiger partial charge in [-0.3, -0.25) is 9.79 Å². The summed E-state index contributed by atoms with van der Waals surface area (Å²) >= 11 is 0. The standard InChI is InChI=1S/C41H58N2O11/c1-20-12-24-8-9-40-18-32-36(53-40)37-38(50-32)39(54-40)41-33(51-37)7-5-25(52-41)14-22(44)15-27-29(49-31(35(27)45-3)16-26-19-42-10-11-46-26)17-30-34(43-41)21(2)13-23(48-30)4-6-28(20)47-24/h21,23-33,35-39,42H,1,4-19H2,2-3H3/t21-,23+,24+,25-,26+,27+,28+,29+,30-,31-,32-,33+,35-,36+,37+,38?,39-,40+,41+/m1/s1. The van der Waals surface area contributed by atoms with Gasteiger partial charge in [-0.05, 0) is 56.4 Å². The van der Waals surface area contributed by atoms with Crippen molar-refractivity contribution in [1.82, 2.24) is 5.32 Å². The van der Waals surface area contributed by atoms with Crippen LogP contribution < -0.4 is 5.32 Å². The van der Waals surface area contributed by atoms with Crippen molar-refractivity contribution in [3.63, 3.8) is 0 Å². The number of carbonyl (C=O) groups is 1. The molecule has 0 radical (unpaired) electrons. The first-order chi connectivity index (χ1) is 26.3. The predicted octanol–water partition coefficient (Wildman–Crippen LogP) is 3.33. The van der Waals surface area contributed by atoms with Crippen LogP contribution in [0.2, 0.25) is 0 Å². The summed E-state index contributed by atoms with van der Waals surface area (Å²) < 4.78 is 68.7. The molecular weight excluding hydrogens is 696 g/mol. The molecule has 1 unspecified atom stereocenters. The molecule has 19 atom stereocenters. The summed E-state index contributed by atoms with van der Waals surface area (Å²) in [7, 11) is 1.75. The Morgan fingerprint density at radius 3 is 2.63 bits per heavy atom. The van der Waals surface area contributed by atoms with Crippen LogP contribution in [0.5, 0.6) is 0 Å². The maximum atomic E-state index is 14.2. The average molecular weight is 755 g/mol. The van der Waals surface area contributed by atoms with Crippen molar-refractivity contribution >= 4 is 11.5 Å². The number of hydrogen-bond acceptors (Lipinski definition) is 13. The third kappa shape index (κ3) is 5.88. The van der Waals surface area contributed by atoms with E-state index in [1.54, 1.807) is 7.11 Å². The van der Waals surface area contributed by atoms with Gasteiger partial charge in [-0.2, -0.15) is 0 Å². The number of ketones is 1. The Morgan fingerprint density at radius 2 is 1.76 bits per heavy atom. The van der Waals surface area contributed by atoms with Crippen molar-refractivity contribution in [3.8, 4) is 0 Å². The van der Waals surface area contributed by atoms with E-state index in [-0.39, 0.29) is 103 Å². The minimum absolute atomic E-state index is 0.00612. The van der Waals surface area contributed by atoms with Crippen LogP contribution in [0.25, 0.3) is 0 Å². The molecular formula is C41H58N2O11. The van der Waals surface area contributed by atoms with E-state index in [1.165, 1.54) is 0 Å². The van der Waals surface area contributed by atoms with Gasteiger partial charge >= 0.3 is 0 Å². The molecule has 10 saturated heterocycles. The first-order valence-corrected chi connectivity index (χ1v) is 21.2. The van der Waals surface area contributed by atoms with E-state index in [9.17, 15) is 4.79 Å².